The van der Waals surface area contributed by atoms with Crippen LogP contribution in [0.25, 0.3) is 0 Å². The van der Waals surface area contributed by atoms with E-state index in [0.717, 1.165) is 10.1 Å². The summed E-state index contributed by atoms with van der Waals surface area (Å²) in [5.74, 6) is -0.329. The van der Waals surface area contributed by atoms with Crippen LogP contribution in [-0.4, -0.2) is 34.2 Å². The van der Waals surface area contributed by atoms with E-state index in [1.807, 2.05) is 30.3 Å². The summed E-state index contributed by atoms with van der Waals surface area (Å²) in [5, 5.41) is 6.29. The van der Waals surface area contributed by atoms with E-state index in [-0.39, 0.29) is 12.5 Å². The molecule has 1 aliphatic carbocycles. The van der Waals surface area contributed by atoms with Crippen LogP contribution in [0.1, 0.15) is 44.1 Å². The molecule has 0 aliphatic heterocycles. The van der Waals surface area contributed by atoms with Crippen LogP contribution in [0, 0.1) is 0 Å². The molecule has 7 heteroatoms. The number of hydrogen-bond acceptors (Lipinski definition) is 4. The normalized spacial score (nSPS) is 15.0. The zero-order chi connectivity index (χ0) is 20.5. The Morgan fingerprint density at radius 3 is 2.41 bits per heavy atom. The fraction of sp³-hybridized carbons (Fsp3) is 0.500. The number of nitrogens with one attached hydrogen (secondary N) is 2. The summed E-state index contributed by atoms with van der Waals surface area (Å²) in [6.45, 7) is 1.26. The minimum Gasteiger partial charge on any atom is -0.353 e. The van der Waals surface area contributed by atoms with Gasteiger partial charge in [0.05, 0.1) is 6.54 Å². The largest absolute Gasteiger partial charge is 0.353 e. The van der Waals surface area contributed by atoms with Gasteiger partial charge in [-0.05, 0) is 18.4 Å². The van der Waals surface area contributed by atoms with Gasteiger partial charge in [0, 0.05) is 31.4 Å². The Balaban J connectivity index is 1.52. The van der Waals surface area contributed by atoms with Crippen LogP contribution in [0.2, 0.25) is 0 Å². The lowest BCUT2D eigenvalue weighted by Gasteiger charge is -2.16. The fourth-order valence-corrected chi connectivity index (χ4v) is 3.76. The first-order chi connectivity index (χ1) is 14.1. The summed E-state index contributed by atoms with van der Waals surface area (Å²) in [5.41, 5.74) is 0.00737. The highest BCUT2D eigenvalue weighted by atomic mass is 16.2. The predicted octanol–water partition coefficient (Wildman–Crippen LogP) is 1.49. The SMILES string of the molecule is O=C(Cn1c(=O)ccn(Cc2ccccc2)c1=O)NCCNC1CCCCCC1. The third-order valence-electron chi connectivity index (χ3n) is 5.37. The lowest BCUT2D eigenvalue weighted by atomic mass is 10.1. The average molecular weight is 399 g/mol. The summed E-state index contributed by atoms with van der Waals surface area (Å²) >= 11 is 0. The second-order valence-electron chi connectivity index (χ2n) is 7.63. The van der Waals surface area contributed by atoms with Gasteiger partial charge in [-0.1, -0.05) is 56.0 Å². The molecular formula is C22H30N4O3. The molecule has 1 aromatic heterocycles. The molecule has 0 spiro atoms. The zero-order valence-corrected chi connectivity index (χ0v) is 16.8. The summed E-state index contributed by atoms with van der Waals surface area (Å²) in [7, 11) is 0. The maximum Gasteiger partial charge on any atom is 0.331 e. The molecule has 2 aromatic rings. The Morgan fingerprint density at radius 2 is 1.69 bits per heavy atom. The van der Waals surface area contributed by atoms with Gasteiger partial charge in [0.15, 0.2) is 0 Å². The lowest BCUT2D eigenvalue weighted by molar-refractivity contribution is -0.121. The topological polar surface area (TPSA) is 85.1 Å². The van der Waals surface area contributed by atoms with Crippen LogP contribution in [-0.2, 0) is 17.9 Å². The second-order valence-corrected chi connectivity index (χ2v) is 7.63. The molecule has 156 valence electrons. The van der Waals surface area contributed by atoms with Gasteiger partial charge in [0.25, 0.3) is 5.56 Å². The number of rotatable bonds is 8. The van der Waals surface area contributed by atoms with Gasteiger partial charge >= 0.3 is 5.69 Å². The summed E-state index contributed by atoms with van der Waals surface area (Å²) in [4.78, 5) is 37.0. The Kier molecular flexibility index (Phi) is 7.81. The molecule has 1 aromatic carbocycles. The number of amides is 1. The molecule has 1 amide bonds. The van der Waals surface area contributed by atoms with Gasteiger partial charge in [-0.25, -0.2) is 4.79 Å². The van der Waals surface area contributed by atoms with Crippen molar-refractivity contribution in [1.82, 2.24) is 19.8 Å². The van der Waals surface area contributed by atoms with Crippen molar-refractivity contribution in [3.8, 4) is 0 Å². The smallest absolute Gasteiger partial charge is 0.331 e. The second kappa shape index (κ2) is 10.8. The van der Waals surface area contributed by atoms with Crippen molar-refractivity contribution in [3.05, 3.63) is 69.0 Å². The van der Waals surface area contributed by atoms with E-state index in [2.05, 4.69) is 10.6 Å². The van der Waals surface area contributed by atoms with Crippen molar-refractivity contribution in [1.29, 1.82) is 0 Å². The minimum absolute atomic E-state index is 0.267. The van der Waals surface area contributed by atoms with E-state index in [1.54, 1.807) is 0 Å². The molecule has 0 radical (unpaired) electrons. The van der Waals surface area contributed by atoms with Crippen LogP contribution in [0.5, 0.6) is 0 Å². The van der Waals surface area contributed by atoms with E-state index in [1.165, 1.54) is 55.4 Å². The van der Waals surface area contributed by atoms with Gasteiger partial charge in [-0.15, -0.1) is 0 Å². The van der Waals surface area contributed by atoms with E-state index < -0.39 is 11.2 Å². The highest BCUT2D eigenvalue weighted by molar-refractivity contribution is 5.75. The van der Waals surface area contributed by atoms with E-state index in [9.17, 15) is 14.4 Å². The molecule has 3 rings (SSSR count). The molecule has 0 bridgehead atoms. The van der Waals surface area contributed by atoms with Crippen LogP contribution in [0.15, 0.2) is 52.2 Å². The lowest BCUT2D eigenvalue weighted by Crippen LogP contribution is -2.44. The van der Waals surface area contributed by atoms with Crippen LogP contribution in [0.4, 0.5) is 0 Å². The monoisotopic (exact) mass is 398 g/mol. The molecule has 29 heavy (non-hydrogen) atoms. The van der Waals surface area contributed by atoms with Crippen molar-refractivity contribution < 1.29 is 4.79 Å². The van der Waals surface area contributed by atoms with Crippen molar-refractivity contribution in [2.75, 3.05) is 13.1 Å². The van der Waals surface area contributed by atoms with E-state index in [0.29, 0.717) is 25.7 Å². The van der Waals surface area contributed by atoms with Crippen molar-refractivity contribution in [2.45, 2.75) is 57.7 Å². The molecule has 7 nitrogen and oxygen atoms in total. The molecule has 1 heterocycles. The highest BCUT2D eigenvalue weighted by Gasteiger charge is 2.12. The Hall–Kier alpha value is -2.67. The van der Waals surface area contributed by atoms with Gasteiger partial charge in [-0.3, -0.25) is 18.7 Å². The maximum atomic E-state index is 12.6. The number of nitrogens with zero attached hydrogens (tertiary/aromatic N) is 2. The minimum atomic E-state index is -0.479. The third kappa shape index (κ3) is 6.42. The van der Waals surface area contributed by atoms with Crippen LogP contribution in [0.3, 0.4) is 0 Å². The quantitative estimate of drug-likeness (QED) is 0.521. The van der Waals surface area contributed by atoms with Crippen LogP contribution >= 0.6 is 0 Å². The Morgan fingerprint density at radius 1 is 0.966 bits per heavy atom. The number of carbonyl (C=O) groups excluding carboxylic acids is 1. The first-order valence-electron chi connectivity index (χ1n) is 10.5. The zero-order valence-electron chi connectivity index (χ0n) is 16.8. The molecule has 0 atom stereocenters. The first kappa shape index (κ1) is 21.0. The molecule has 0 unspecified atom stereocenters. The summed E-state index contributed by atoms with van der Waals surface area (Å²) < 4.78 is 2.43. The van der Waals surface area contributed by atoms with Gasteiger partial charge in [0.1, 0.15) is 6.54 Å². The summed E-state index contributed by atoms with van der Waals surface area (Å²) in [6.07, 6.45) is 8.99. The highest BCUT2D eigenvalue weighted by Crippen LogP contribution is 2.16. The number of aromatic nitrogens is 2. The molecular weight excluding hydrogens is 368 g/mol. The van der Waals surface area contributed by atoms with Crippen molar-refractivity contribution in [2.24, 2.45) is 0 Å². The van der Waals surface area contributed by atoms with Crippen molar-refractivity contribution >= 4 is 5.91 Å². The van der Waals surface area contributed by atoms with Gasteiger partial charge in [0.2, 0.25) is 5.91 Å². The Labute approximate surface area is 170 Å². The molecule has 1 aliphatic rings. The molecule has 0 saturated heterocycles. The number of benzene rings is 1. The average Bonchev–Trinajstić information content (AvgIpc) is 3.00. The first-order valence-corrected chi connectivity index (χ1v) is 10.5. The van der Waals surface area contributed by atoms with Gasteiger partial charge in [-0.2, -0.15) is 0 Å². The van der Waals surface area contributed by atoms with Crippen molar-refractivity contribution in [3.63, 3.8) is 0 Å². The van der Waals surface area contributed by atoms with Gasteiger partial charge < -0.3 is 10.6 Å². The maximum absolute atomic E-state index is 12.6. The summed E-state index contributed by atoms with van der Waals surface area (Å²) in [6, 6.07) is 11.4. The van der Waals surface area contributed by atoms with Crippen LogP contribution < -0.4 is 21.9 Å². The van der Waals surface area contributed by atoms with E-state index in [4.69, 9.17) is 0 Å². The number of hydrogen-bond donors (Lipinski definition) is 2. The Bertz CT molecular complexity index is 896. The number of carbonyl (C=O) groups is 1. The third-order valence-corrected chi connectivity index (χ3v) is 5.37. The molecule has 1 fully saturated rings. The standard InChI is InChI=1S/C22H30N4O3/c27-20(24-14-13-23-19-10-6-1-2-7-11-19)17-26-21(28)12-15-25(22(26)29)16-18-8-4-3-5-9-18/h3-5,8-9,12,15,19,23H,1-2,6-7,10-11,13-14,16-17H2,(H,24,27). The molecule has 1 saturated carbocycles. The van der Waals surface area contributed by atoms with E-state index >= 15 is 0 Å². The molecule has 2 N–H and O–H groups in total. The fourth-order valence-electron chi connectivity index (χ4n) is 3.76. The predicted molar refractivity (Wildman–Crippen MR) is 113 cm³/mol.